The van der Waals surface area contributed by atoms with E-state index in [1.54, 1.807) is 0 Å². The standard InChI is InChI=1S/C9H19NO/c1-7(2)8-5-9(3,11)6-10(8)4/h7-8,11H,5-6H2,1-4H3/t8?,9-/m1/s1. The Bertz CT molecular complexity index is 142. The number of likely N-dealkylation sites (tertiary alicyclic amines) is 1. The van der Waals surface area contributed by atoms with Gasteiger partial charge in [-0.2, -0.15) is 0 Å². The highest BCUT2D eigenvalue weighted by Crippen LogP contribution is 2.29. The lowest BCUT2D eigenvalue weighted by molar-refractivity contribution is 0.0713. The number of likely N-dealkylation sites (N-methyl/N-ethyl adjacent to an activating group) is 1. The Kier molecular flexibility index (Phi) is 2.26. The lowest BCUT2D eigenvalue weighted by Crippen LogP contribution is -2.30. The van der Waals surface area contributed by atoms with E-state index in [0.717, 1.165) is 13.0 Å². The summed E-state index contributed by atoms with van der Waals surface area (Å²) in [5.74, 6) is 0.647. The Hall–Kier alpha value is -0.0800. The van der Waals surface area contributed by atoms with Gasteiger partial charge in [-0.05, 0) is 26.3 Å². The van der Waals surface area contributed by atoms with Gasteiger partial charge in [-0.25, -0.2) is 0 Å². The van der Waals surface area contributed by atoms with Crippen LogP contribution in [0.5, 0.6) is 0 Å². The van der Waals surface area contributed by atoms with Crippen LogP contribution in [0.3, 0.4) is 0 Å². The van der Waals surface area contributed by atoms with Gasteiger partial charge < -0.3 is 10.0 Å². The Labute approximate surface area is 69.2 Å². The van der Waals surface area contributed by atoms with Crippen LogP contribution in [-0.2, 0) is 0 Å². The third-order valence-corrected chi connectivity index (χ3v) is 2.57. The second kappa shape index (κ2) is 2.76. The van der Waals surface area contributed by atoms with Crippen molar-refractivity contribution in [1.82, 2.24) is 4.90 Å². The minimum Gasteiger partial charge on any atom is -0.389 e. The smallest absolute Gasteiger partial charge is 0.0761 e. The van der Waals surface area contributed by atoms with Gasteiger partial charge in [-0.1, -0.05) is 13.8 Å². The van der Waals surface area contributed by atoms with Crippen LogP contribution in [0.2, 0.25) is 0 Å². The molecule has 0 spiro atoms. The van der Waals surface area contributed by atoms with E-state index in [0.29, 0.717) is 12.0 Å². The van der Waals surface area contributed by atoms with E-state index >= 15 is 0 Å². The molecule has 0 amide bonds. The first-order valence-corrected chi connectivity index (χ1v) is 4.35. The summed E-state index contributed by atoms with van der Waals surface area (Å²) in [5, 5.41) is 9.74. The van der Waals surface area contributed by atoms with Crippen molar-refractivity contribution in [2.24, 2.45) is 5.92 Å². The van der Waals surface area contributed by atoms with Crippen LogP contribution in [0.4, 0.5) is 0 Å². The molecule has 1 unspecified atom stereocenters. The first-order chi connectivity index (χ1) is 4.92. The molecule has 1 fully saturated rings. The SMILES string of the molecule is CC(C)C1C[C@@](C)(O)CN1C. The third-order valence-electron chi connectivity index (χ3n) is 2.57. The summed E-state index contributed by atoms with van der Waals surface area (Å²) in [6.07, 6.45) is 0.918. The molecule has 0 saturated carbocycles. The predicted molar refractivity (Wildman–Crippen MR) is 46.5 cm³/mol. The van der Waals surface area contributed by atoms with E-state index in [4.69, 9.17) is 0 Å². The van der Waals surface area contributed by atoms with Crippen LogP contribution < -0.4 is 0 Å². The first kappa shape index (κ1) is 9.01. The van der Waals surface area contributed by atoms with Gasteiger partial charge in [0.25, 0.3) is 0 Å². The molecule has 0 aromatic heterocycles. The van der Waals surface area contributed by atoms with Crippen molar-refractivity contribution in [1.29, 1.82) is 0 Å². The van der Waals surface area contributed by atoms with E-state index in [2.05, 4.69) is 25.8 Å². The topological polar surface area (TPSA) is 23.5 Å². The normalized spacial score (nSPS) is 40.4. The second-order valence-electron chi connectivity index (χ2n) is 4.43. The molecule has 0 aromatic carbocycles. The van der Waals surface area contributed by atoms with E-state index in [1.165, 1.54) is 0 Å². The summed E-state index contributed by atoms with van der Waals surface area (Å²) in [6, 6.07) is 0.560. The zero-order chi connectivity index (χ0) is 8.65. The second-order valence-corrected chi connectivity index (χ2v) is 4.43. The van der Waals surface area contributed by atoms with Gasteiger partial charge in [0.1, 0.15) is 0 Å². The summed E-state index contributed by atoms with van der Waals surface area (Å²) in [5.41, 5.74) is -0.455. The van der Waals surface area contributed by atoms with Crippen LogP contribution in [0.15, 0.2) is 0 Å². The van der Waals surface area contributed by atoms with Crippen molar-refractivity contribution in [2.75, 3.05) is 13.6 Å². The third kappa shape index (κ3) is 1.94. The maximum atomic E-state index is 9.74. The molecule has 1 N–H and O–H groups in total. The molecule has 1 rings (SSSR count). The minimum atomic E-state index is -0.455. The molecule has 2 heteroatoms. The molecular weight excluding hydrogens is 138 g/mol. The van der Waals surface area contributed by atoms with Gasteiger partial charge in [-0.3, -0.25) is 0 Å². The Morgan fingerprint density at radius 2 is 2.09 bits per heavy atom. The van der Waals surface area contributed by atoms with Crippen LogP contribution in [-0.4, -0.2) is 35.2 Å². The molecule has 1 aliphatic rings. The summed E-state index contributed by atoms with van der Waals surface area (Å²) >= 11 is 0. The van der Waals surface area contributed by atoms with Crippen LogP contribution in [0.1, 0.15) is 27.2 Å². The van der Waals surface area contributed by atoms with Crippen molar-refractivity contribution < 1.29 is 5.11 Å². The average molecular weight is 157 g/mol. The molecule has 1 aliphatic heterocycles. The molecule has 0 bridgehead atoms. The fourth-order valence-corrected chi connectivity index (χ4v) is 2.07. The summed E-state index contributed by atoms with van der Waals surface area (Å²) in [6.45, 7) is 7.16. The lowest BCUT2D eigenvalue weighted by Gasteiger charge is -2.22. The maximum absolute atomic E-state index is 9.74. The van der Waals surface area contributed by atoms with Crippen molar-refractivity contribution in [3.8, 4) is 0 Å². The molecule has 1 heterocycles. The average Bonchev–Trinajstić information content (AvgIpc) is 2.05. The molecule has 0 radical (unpaired) electrons. The van der Waals surface area contributed by atoms with Crippen LogP contribution >= 0.6 is 0 Å². The van der Waals surface area contributed by atoms with Gasteiger partial charge in [-0.15, -0.1) is 0 Å². The molecule has 66 valence electrons. The molecule has 11 heavy (non-hydrogen) atoms. The monoisotopic (exact) mass is 157 g/mol. The number of nitrogens with zero attached hydrogens (tertiary/aromatic N) is 1. The first-order valence-electron chi connectivity index (χ1n) is 4.35. The summed E-state index contributed by atoms with van der Waals surface area (Å²) < 4.78 is 0. The van der Waals surface area contributed by atoms with Gasteiger partial charge in [0, 0.05) is 12.6 Å². The van der Waals surface area contributed by atoms with E-state index in [1.807, 2.05) is 6.92 Å². The molecule has 0 aromatic rings. The van der Waals surface area contributed by atoms with Gasteiger partial charge in [0.05, 0.1) is 5.60 Å². The maximum Gasteiger partial charge on any atom is 0.0761 e. The van der Waals surface area contributed by atoms with Crippen LogP contribution in [0, 0.1) is 5.92 Å². The largest absolute Gasteiger partial charge is 0.389 e. The Morgan fingerprint density at radius 3 is 2.27 bits per heavy atom. The zero-order valence-electron chi connectivity index (χ0n) is 7.96. The molecule has 2 nitrogen and oxygen atoms in total. The van der Waals surface area contributed by atoms with Gasteiger partial charge in [0.15, 0.2) is 0 Å². The quantitative estimate of drug-likeness (QED) is 0.616. The highest BCUT2D eigenvalue weighted by molar-refractivity contribution is 4.92. The van der Waals surface area contributed by atoms with Crippen molar-refractivity contribution in [3.05, 3.63) is 0 Å². The van der Waals surface area contributed by atoms with E-state index < -0.39 is 5.60 Å². The predicted octanol–water partition coefficient (Wildman–Crippen LogP) is 1.10. The number of rotatable bonds is 1. The number of aliphatic hydroxyl groups is 1. The molecular formula is C9H19NO. The van der Waals surface area contributed by atoms with Crippen molar-refractivity contribution >= 4 is 0 Å². The highest BCUT2D eigenvalue weighted by Gasteiger charge is 2.38. The molecule has 0 aliphatic carbocycles. The fraction of sp³-hybridized carbons (Fsp3) is 1.00. The lowest BCUT2D eigenvalue weighted by atomic mass is 9.96. The van der Waals surface area contributed by atoms with E-state index in [-0.39, 0.29) is 0 Å². The number of hydrogen-bond acceptors (Lipinski definition) is 2. The Morgan fingerprint density at radius 1 is 1.55 bits per heavy atom. The molecule has 1 saturated heterocycles. The number of β-amino-alcohol motifs (C(OH)–C–C–N with tert-alkyl or cyclic N) is 1. The van der Waals surface area contributed by atoms with Crippen molar-refractivity contribution in [3.63, 3.8) is 0 Å². The minimum absolute atomic E-state index is 0.455. The summed E-state index contributed by atoms with van der Waals surface area (Å²) in [4.78, 5) is 2.25. The van der Waals surface area contributed by atoms with E-state index in [9.17, 15) is 5.11 Å². The Balaban J connectivity index is 2.59. The zero-order valence-corrected chi connectivity index (χ0v) is 7.96. The highest BCUT2D eigenvalue weighted by atomic mass is 16.3. The molecule has 2 atom stereocenters. The fourth-order valence-electron chi connectivity index (χ4n) is 2.07. The van der Waals surface area contributed by atoms with Crippen LogP contribution in [0.25, 0.3) is 0 Å². The van der Waals surface area contributed by atoms with Crippen molar-refractivity contribution in [2.45, 2.75) is 38.8 Å². The number of hydrogen-bond donors (Lipinski definition) is 1. The summed E-state index contributed by atoms with van der Waals surface area (Å²) in [7, 11) is 2.09. The van der Waals surface area contributed by atoms with Gasteiger partial charge in [0.2, 0.25) is 0 Å². The van der Waals surface area contributed by atoms with Gasteiger partial charge >= 0.3 is 0 Å².